The van der Waals surface area contributed by atoms with E-state index in [0.717, 1.165) is 11.3 Å². The van der Waals surface area contributed by atoms with E-state index in [9.17, 15) is 4.79 Å². The second kappa shape index (κ2) is 4.00. The van der Waals surface area contributed by atoms with Gasteiger partial charge in [-0.2, -0.15) is 0 Å². The van der Waals surface area contributed by atoms with Gasteiger partial charge in [0.15, 0.2) is 0 Å². The first-order valence-corrected chi connectivity index (χ1v) is 4.99. The molecule has 3 N–H and O–H groups in total. The Morgan fingerprint density at radius 3 is 2.93 bits per heavy atom. The molecule has 0 aromatic heterocycles. The van der Waals surface area contributed by atoms with E-state index < -0.39 is 6.04 Å². The molecule has 1 amide bonds. The largest absolute Gasteiger partial charge is 0.395 e. The van der Waals surface area contributed by atoms with E-state index in [-0.39, 0.29) is 12.5 Å². The Morgan fingerprint density at radius 2 is 2.20 bits per heavy atom. The van der Waals surface area contributed by atoms with Crippen LogP contribution in [0.4, 0.5) is 5.69 Å². The Bertz CT molecular complexity index is 379. The minimum atomic E-state index is -0.480. The summed E-state index contributed by atoms with van der Waals surface area (Å²) in [6.07, 6.45) is 0.580. The molecule has 0 radical (unpaired) electrons. The van der Waals surface area contributed by atoms with E-state index in [1.807, 2.05) is 24.3 Å². The molecule has 0 spiro atoms. The van der Waals surface area contributed by atoms with Gasteiger partial charge >= 0.3 is 0 Å². The molecule has 0 saturated carbocycles. The smallest absolute Gasteiger partial charge is 0.244 e. The van der Waals surface area contributed by atoms with E-state index >= 15 is 0 Å². The third kappa shape index (κ3) is 1.73. The van der Waals surface area contributed by atoms with Gasteiger partial charge in [-0.1, -0.05) is 18.2 Å². The van der Waals surface area contributed by atoms with Crippen molar-refractivity contribution in [1.29, 1.82) is 0 Å². The van der Waals surface area contributed by atoms with Gasteiger partial charge in [0.2, 0.25) is 5.91 Å². The van der Waals surface area contributed by atoms with Crippen molar-refractivity contribution in [2.24, 2.45) is 5.73 Å². The number of carbonyl (C=O) groups is 1. The average molecular weight is 206 g/mol. The zero-order chi connectivity index (χ0) is 10.8. The molecule has 1 atom stereocenters. The van der Waals surface area contributed by atoms with Crippen LogP contribution in [-0.2, 0) is 11.2 Å². The quantitative estimate of drug-likeness (QED) is 0.710. The normalized spacial score (nSPS) is 20.3. The lowest BCUT2D eigenvalue weighted by Crippen LogP contribution is -2.49. The summed E-state index contributed by atoms with van der Waals surface area (Å²) in [5, 5.41) is 8.91. The summed E-state index contributed by atoms with van der Waals surface area (Å²) in [5.41, 5.74) is 7.68. The second-order valence-electron chi connectivity index (χ2n) is 3.65. The van der Waals surface area contributed by atoms with Gasteiger partial charge in [-0.3, -0.25) is 4.79 Å². The van der Waals surface area contributed by atoms with Gasteiger partial charge in [0.25, 0.3) is 0 Å². The zero-order valence-electron chi connectivity index (χ0n) is 8.39. The molecule has 80 valence electrons. The lowest BCUT2D eigenvalue weighted by Gasteiger charge is -2.32. The van der Waals surface area contributed by atoms with Crippen LogP contribution < -0.4 is 10.6 Å². The minimum absolute atomic E-state index is 0.0488. The number of hydrogen-bond acceptors (Lipinski definition) is 3. The van der Waals surface area contributed by atoms with Gasteiger partial charge in [-0.05, 0) is 18.1 Å². The molecule has 4 heteroatoms. The van der Waals surface area contributed by atoms with Crippen LogP contribution >= 0.6 is 0 Å². The first-order valence-electron chi connectivity index (χ1n) is 4.99. The van der Waals surface area contributed by atoms with Crippen molar-refractivity contribution in [2.75, 3.05) is 18.1 Å². The summed E-state index contributed by atoms with van der Waals surface area (Å²) in [7, 11) is 0. The predicted molar refractivity (Wildman–Crippen MR) is 57.6 cm³/mol. The number of aliphatic hydroxyl groups is 1. The molecule has 0 bridgehead atoms. The van der Waals surface area contributed by atoms with E-state index in [0.29, 0.717) is 13.0 Å². The first kappa shape index (κ1) is 10.1. The molecule has 2 rings (SSSR count). The highest BCUT2D eigenvalue weighted by Crippen LogP contribution is 2.26. The SMILES string of the molecule is NC1Cc2ccccc2N(CCO)C1=O. The number of benzene rings is 1. The molecule has 0 saturated heterocycles. The van der Waals surface area contributed by atoms with Crippen LogP contribution in [0, 0.1) is 0 Å². The van der Waals surface area contributed by atoms with E-state index in [1.54, 1.807) is 4.90 Å². The van der Waals surface area contributed by atoms with Crippen LogP contribution in [-0.4, -0.2) is 30.2 Å². The van der Waals surface area contributed by atoms with Gasteiger partial charge in [-0.25, -0.2) is 0 Å². The van der Waals surface area contributed by atoms with Crippen LogP contribution in [0.2, 0.25) is 0 Å². The number of hydrogen-bond donors (Lipinski definition) is 2. The number of para-hydroxylation sites is 1. The molecule has 1 heterocycles. The third-order valence-corrected chi connectivity index (χ3v) is 2.63. The number of aliphatic hydroxyl groups excluding tert-OH is 1. The van der Waals surface area contributed by atoms with Gasteiger partial charge < -0.3 is 15.7 Å². The third-order valence-electron chi connectivity index (χ3n) is 2.63. The molecule has 0 fully saturated rings. The van der Waals surface area contributed by atoms with Crippen LogP contribution in [0.25, 0.3) is 0 Å². The van der Waals surface area contributed by atoms with Crippen molar-refractivity contribution in [1.82, 2.24) is 0 Å². The Kier molecular flexibility index (Phi) is 2.70. The molecule has 4 nitrogen and oxygen atoms in total. The fourth-order valence-electron chi connectivity index (χ4n) is 1.92. The second-order valence-corrected chi connectivity index (χ2v) is 3.65. The number of nitrogens with zero attached hydrogens (tertiary/aromatic N) is 1. The highest BCUT2D eigenvalue weighted by atomic mass is 16.3. The Labute approximate surface area is 88.3 Å². The van der Waals surface area contributed by atoms with E-state index in [4.69, 9.17) is 10.8 Å². The van der Waals surface area contributed by atoms with Gasteiger partial charge in [0.1, 0.15) is 0 Å². The monoisotopic (exact) mass is 206 g/mol. The topological polar surface area (TPSA) is 66.6 Å². The summed E-state index contributed by atoms with van der Waals surface area (Å²) in [6.45, 7) is 0.260. The zero-order valence-corrected chi connectivity index (χ0v) is 8.39. The molecule has 1 unspecified atom stereocenters. The van der Waals surface area contributed by atoms with Gasteiger partial charge in [0, 0.05) is 12.2 Å². The predicted octanol–water partition coefficient (Wildman–Crippen LogP) is -0.105. The van der Waals surface area contributed by atoms with Gasteiger partial charge in [-0.15, -0.1) is 0 Å². The van der Waals surface area contributed by atoms with Crippen molar-refractivity contribution in [2.45, 2.75) is 12.5 Å². The Balaban J connectivity index is 2.40. The maximum atomic E-state index is 11.8. The van der Waals surface area contributed by atoms with Crippen LogP contribution in [0.5, 0.6) is 0 Å². The maximum Gasteiger partial charge on any atom is 0.244 e. The van der Waals surface area contributed by atoms with Crippen LogP contribution in [0.1, 0.15) is 5.56 Å². The maximum absolute atomic E-state index is 11.8. The molecule has 1 aliphatic rings. The first-order chi connectivity index (χ1) is 7.24. The fourth-order valence-corrected chi connectivity index (χ4v) is 1.92. The summed E-state index contributed by atoms with van der Waals surface area (Å²) in [6, 6.07) is 7.18. The molecule has 1 aromatic carbocycles. The van der Waals surface area contributed by atoms with Crippen LogP contribution in [0.15, 0.2) is 24.3 Å². The van der Waals surface area contributed by atoms with Crippen molar-refractivity contribution < 1.29 is 9.90 Å². The van der Waals surface area contributed by atoms with Crippen molar-refractivity contribution in [3.8, 4) is 0 Å². The van der Waals surface area contributed by atoms with E-state index in [2.05, 4.69) is 0 Å². The van der Waals surface area contributed by atoms with Gasteiger partial charge in [0.05, 0.1) is 12.6 Å². The fraction of sp³-hybridized carbons (Fsp3) is 0.364. The molecule has 15 heavy (non-hydrogen) atoms. The highest BCUT2D eigenvalue weighted by molar-refractivity contribution is 6.00. The number of anilines is 1. The van der Waals surface area contributed by atoms with Crippen molar-refractivity contribution in [3.05, 3.63) is 29.8 Å². The summed E-state index contributed by atoms with van der Waals surface area (Å²) >= 11 is 0. The lowest BCUT2D eigenvalue weighted by molar-refractivity contribution is -0.120. The minimum Gasteiger partial charge on any atom is -0.395 e. The molecule has 1 aliphatic heterocycles. The van der Waals surface area contributed by atoms with Crippen molar-refractivity contribution in [3.63, 3.8) is 0 Å². The number of amides is 1. The summed E-state index contributed by atoms with van der Waals surface area (Å²) in [5.74, 6) is -0.109. The Morgan fingerprint density at radius 1 is 1.47 bits per heavy atom. The number of fused-ring (bicyclic) bond motifs is 1. The molecular formula is C11H14N2O2. The standard InChI is InChI=1S/C11H14N2O2/c12-9-7-8-3-1-2-4-10(8)13(5-6-14)11(9)15/h1-4,9,14H,5-7,12H2. The van der Waals surface area contributed by atoms with Crippen molar-refractivity contribution >= 4 is 11.6 Å². The number of carbonyl (C=O) groups excluding carboxylic acids is 1. The highest BCUT2D eigenvalue weighted by Gasteiger charge is 2.29. The molecule has 0 aliphatic carbocycles. The van der Waals surface area contributed by atoms with E-state index in [1.165, 1.54) is 0 Å². The summed E-state index contributed by atoms with van der Waals surface area (Å²) in [4.78, 5) is 13.3. The molecule has 1 aromatic rings. The molecular weight excluding hydrogens is 192 g/mol. The van der Waals surface area contributed by atoms with Crippen LogP contribution in [0.3, 0.4) is 0 Å². The average Bonchev–Trinajstić information content (AvgIpc) is 2.25. The summed E-state index contributed by atoms with van der Waals surface area (Å²) < 4.78 is 0. The number of rotatable bonds is 2. The number of nitrogens with two attached hydrogens (primary N) is 1. The Hall–Kier alpha value is -1.39. The number of β-amino-alcohol motifs (C(OH)–C–C–N with tert-alkyl or cyclic N) is 1. The lowest BCUT2D eigenvalue weighted by atomic mass is 9.98.